The van der Waals surface area contributed by atoms with Crippen molar-refractivity contribution in [2.75, 3.05) is 0 Å². The van der Waals surface area contributed by atoms with Crippen molar-refractivity contribution < 1.29 is 4.79 Å². The van der Waals surface area contributed by atoms with E-state index in [-0.39, 0.29) is 6.03 Å². The molecule has 0 spiro atoms. The fraction of sp³-hybridized carbons (Fsp3) is 0.867. The lowest BCUT2D eigenvalue weighted by Gasteiger charge is -2.35. The van der Waals surface area contributed by atoms with E-state index in [9.17, 15) is 4.79 Å². The van der Waals surface area contributed by atoms with Crippen molar-refractivity contribution in [3.8, 4) is 0 Å². The van der Waals surface area contributed by atoms with Crippen LogP contribution in [0.4, 0.5) is 4.79 Å². The molecule has 114 valence electrons. The van der Waals surface area contributed by atoms with Crippen LogP contribution in [0, 0.1) is 0 Å². The molecule has 2 amide bonds. The molecule has 5 heteroatoms. The van der Waals surface area contributed by atoms with E-state index in [1.165, 1.54) is 32.1 Å². The van der Waals surface area contributed by atoms with Gasteiger partial charge in [-0.3, -0.25) is 0 Å². The molecule has 0 aromatic rings. The first-order chi connectivity index (χ1) is 9.62. The lowest BCUT2D eigenvalue weighted by molar-refractivity contribution is 0.223. The summed E-state index contributed by atoms with van der Waals surface area (Å²) in [6.07, 6.45) is 12.2. The van der Waals surface area contributed by atoms with Crippen molar-refractivity contribution in [1.29, 1.82) is 0 Å². The van der Waals surface area contributed by atoms with Gasteiger partial charge in [-0.05, 0) is 25.7 Å². The summed E-state index contributed by atoms with van der Waals surface area (Å²) in [5, 5.41) is 6.19. The molecule has 4 nitrogen and oxygen atoms in total. The normalized spacial score (nSPS) is 23.6. The average molecular weight is 297 g/mol. The van der Waals surface area contributed by atoms with Crippen LogP contribution in [0.25, 0.3) is 0 Å². The Morgan fingerprint density at radius 2 is 1.55 bits per heavy atom. The predicted molar refractivity (Wildman–Crippen MR) is 85.8 cm³/mol. The summed E-state index contributed by atoms with van der Waals surface area (Å²) in [7, 11) is 0. The highest BCUT2D eigenvalue weighted by Crippen LogP contribution is 2.27. The maximum Gasteiger partial charge on any atom is 0.315 e. The van der Waals surface area contributed by atoms with Crippen molar-refractivity contribution in [2.24, 2.45) is 5.73 Å². The number of hydrogen-bond acceptors (Lipinski definition) is 2. The van der Waals surface area contributed by atoms with E-state index in [0.717, 1.165) is 38.5 Å². The first-order valence-corrected chi connectivity index (χ1v) is 8.42. The third-order valence-electron chi connectivity index (χ3n) is 4.72. The van der Waals surface area contributed by atoms with E-state index in [0.29, 0.717) is 11.0 Å². The summed E-state index contributed by atoms with van der Waals surface area (Å²) in [5.74, 6) is 0. The molecule has 0 atom stereocenters. The number of urea groups is 1. The largest absolute Gasteiger partial charge is 0.391 e. The van der Waals surface area contributed by atoms with E-state index in [1.807, 2.05) is 0 Å². The topological polar surface area (TPSA) is 67.1 Å². The maximum absolute atomic E-state index is 12.2. The van der Waals surface area contributed by atoms with Crippen molar-refractivity contribution >= 4 is 23.2 Å². The van der Waals surface area contributed by atoms with Gasteiger partial charge in [-0.1, -0.05) is 57.2 Å². The number of rotatable bonds is 3. The Morgan fingerprint density at radius 3 is 2.10 bits per heavy atom. The second kappa shape index (κ2) is 7.25. The standard InChI is InChI=1S/C15H27N3OS/c16-13(20)15(10-6-2-1-3-7-11-15)18-14(19)17-12-8-4-5-9-12/h12H,1-11H2,(H2,16,20)(H2,17,18,19). The molecule has 0 aliphatic heterocycles. The Labute approximate surface area is 127 Å². The number of thiocarbonyl (C=S) groups is 1. The summed E-state index contributed by atoms with van der Waals surface area (Å²) < 4.78 is 0. The molecule has 0 bridgehead atoms. The van der Waals surface area contributed by atoms with Gasteiger partial charge in [0.2, 0.25) is 0 Å². The highest BCUT2D eigenvalue weighted by Gasteiger charge is 2.35. The van der Waals surface area contributed by atoms with Crippen LogP contribution in [0.5, 0.6) is 0 Å². The van der Waals surface area contributed by atoms with Crippen molar-refractivity contribution in [3.05, 3.63) is 0 Å². The van der Waals surface area contributed by atoms with Crippen LogP contribution in [0.15, 0.2) is 0 Å². The molecular formula is C15H27N3OS. The van der Waals surface area contributed by atoms with Gasteiger partial charge in [0.05, 0.1) is 10.5 Å². The van der Waals surface area contributed by atoms with Crippen LogP contribution in [0.3, 0.4) is 0 Å². The monoisotopic (exact) mass is 297 g/mol. The third kappa shape index (κ3) is 4.08. The Bertz CT molecular complexity index is 345. The molecule has 2 rings (SSSR count). The summed E-state index contributed by atoms with van der Waals surface area (Å²) in [4.78, 5) is 12.7. The molecule has 0 heterocycles. The number of carbonyl (C=O) groups excluding carboxylic acids is 1. The van der Waals surface area contributed by atoms with Gasteiger partial charge in [0.15, 0.2) is 0 Å². The molecule has 2 aliphatic rings. The fourth-order valence-corrected chi connectivity index (χ4v) is 3.71. The summed E-state index contributed by atoms with van der Waals surface area (Å²) >= 11 is 5.27. The molecule has 0 saturated heterocycles. The van der Waals surface area contributed by atoms with E-state index in [2.05, 4.69) is 10.6 Å². The molecule has 2 fully saturated rings. The van der Waals surface area contributed by atoms with E-state index < -0.39 is 5.54 Å². The number of nitrogens with one attached hydrogen (secondary N) is 2. The van der Waals surface area contributed by atoms with Crippen molar-refractivity contribution in [3.63, 3.8) is 0 Å². The minimum Gasteiger partial charge on any atom is -0.391 e. The average Bonchev–Trinajstić information content (AvgIpc) is 2.85. The third-order valence-corrected chi connectivity index (χ3v) is 5.11. The van der Waals surface area contributed by atoms with E-state index in [4.69, 9.17) is 18.0 Å². The van der Waals surface area contributed by atoms with Gasteiger partial charge in [0.1, 0.15) is 0 Å². The Morgan fingerprint density at radius 1 is 1.00 bits per heavy atom. The highest BCUT2D eigenvalue weighted by atomic mass is 32.1. The van der Waals surface area contributed by atoms with Gasteiger partial charge < -0.3 is 16.4 Å². The smallest absolute Gasteiger partial charge is 0.315 e. The van der Waals surface area contributed by atoms with Crippen LogP contribution in [-0.2, 0) is 0 Å². The zero-order valence-corrected chi connectivity index (χ0v) is 13.1. The van der Waals surface area contributed by atoms with Crippen LogP contribution < -0.4 is 16.4 Å². The van der Waals surface area contributed by atoms with Crippen LogP contribution in [0.2, 0.25) is 0 Å². The summed E-state index contributed by atoms with van der Waals surface area (Å²) in [6, 6.07) is 0.234. The first kappa shape index (κ1) is 15.5. The van der Waals surface area contributed by atoms with Gasteiger partial charge in [0, 0.05) is 6.04 Å². The molecule has 0 aromatic carbocycles. The van der Waals surface area contributed by atoms with Gasteiger partial charge >= 0.3 is 6.03 Å². The summed E-state index contributed by atoms with van der Waals surface area (Å²) in [5.41, 5.74) is 5.49. The van der Waals surface area contributed by atoms with Crippen molar-refractivity contribution in [1.82, 2.24) is 10.6 Å². The zero-order chi connectivity index (χ0) is 14.4. The molecule has 2 saturated carbocycles. The van der Waals surface area contributed by atoms with E-state index in [1.54, 1.807) is 0 Å². The molecule has 20 heavy (non-hydrogen) atoms. The van der Waals surface area contributed by atoms with Gasteiger partial charge in [-0.15, -0.1) is 0 Å². The number of carbonyl (C=O) groups is 1. The Hall–Kier alpha value is -0.840. The number of hydrogen-bond donors (Lipinski definition) is 3. The van der Waals surface area contributed by atoms with Crippen LogP contribution in [-0.4, -0.2) is 22.6 Å². The second-order valence-corrected chi connectivity index (χ2v) is 6.73. The van der Waals surface area contributed by atoms with Gasteiger partial charge in [-0.25, -0.2) is 4.79 Å². The molecule has 4 N–H and O–H groups in total. The second-order valence-electron chi connectivity index (χ2n) is 6.29. The van der Waals surface area contributed by atoms with Crippen LogP contribution in [0.1, 0.15) is 70.6 Å². The minimum atomic E-state index is -0.474. The molecular weight excluding hydrogens is 270 g/mol. The van der Waals surface area contributed by atoms with Crippen molar-refractivity contribution in [2.45, 2.75) is 82.2 Å². The molecule has 2 aliphatic carbocycles. The quantitative estimate of drug-likeness (QED) is 0.702. The molecule has 0 aromatic heterocycles. The number of amides is 2. The predicted octanol–water partition coefficient (Wildman–Crippen LogP) is 3.00. The molecule has 0 radical (unpaired) electrons. The minimum absolute atomic E-state index is 0.0923. The Balaban J connectivity index is 1.95. The first-order valence-electron chi connectivity index (χ1n) is 8.01. The lowest BCUT2D eigenvalue weighted by Crippen LogP contribution is -2.60. The number of nitrogens with two attached hydrogens (primary N) is 1. The zero-order valence-electron chi connectivity index (χ0n) is 12.2. The maximum atomic E-state index is 12.2. The lowest BCUT2D eigenvalue weighted by atomic mass is 9.84. The van der Waals surface area contributed by atoms with E-state index >= 15 is 0 Å². The Kier molecular flexibility index (Phi) is 5.64. The highest BCUT2D eigenvalue weighted by molar-refractivity contribution is 7.80. The SMILES string of the molecule is NC(=S)C1(NC(=O)NC2CCCC2)CCCCCCC1. The van der Waals surface area contributed by atoms with Gasteiger partial charge in [0.25, 0.3) is 0 Å². The summed E-state index contributed by atoms with van der Waals surface area (Å²) in [6.45, 7) is 0. The van der Waals surface area contributed by atoms with Gasteiger partial charge in [-0.2, -0.15) is 0 Å². The fourth-order valence-electron chi connectivity index (χ4n) is 3.45. The molecule has 0 unspecified atom stereocenters. The van der Waals surface area contributed by atoms with Crippen LogP contribution >= 0.6 is 12.2 Å².